The number of rotatable bonds is 3. The standard InChI is InChI=1S/C18H22N2O/c1-18(2,3)14-10-8-13(9-11-14)12-20-17(21)15-6-4-5-7-16(15)19/h4-11H,12,19H2,1-3H3,(H,20,21). The lowest BCUT2D eigenvalue weighted by Crippen LogP contribution is -2.23. The minimum Gasteiger partial charge on any atom is -0.398 e. The highest BCUT2D eigenvalue weighted by Crippen LogP contribution is 2.22. The normalized spacial score (nSPS) is 11.2. The van der Waals surface area contributed by atoms with Gasteiger partial charge in [0.05, 0.1) is 5.56 Å². The maximum atomic E-state index is 12.1. The number of amides is 1. The van der Waals surface area contributed by atoms with Gasteiger partial charge in [-0.15, -0.1) is 0 Å². The molecule has 0 aliphatic heterocycles. The Morgan fingerprint density at radius 3 is 2.24 bits per heavy atom. The van der Waals surface area contributed by atoms with Crippen LogP contribution in [0.5, 0.6) is 0 Å². The van der Waals surface area contributed by atoms with E-state index in [4.69, 9.17) is 5.73 Å². The summed E-state index contributed by atoms with van der Waals surface area (Å²) >= 11 is 0. The number of benzene rings is 2. The summed E-state index contributed by atoms with van der Waals surface area (Å²) in [6, 6.07) is 15.4. The number of nitrogens with one attached hydrogen (secondary N) is 1. The number of para-hydroxylation sites is 1. The fourth-order valence-corrected chi connectivity index (χ4v) is 2.10. The Hall–Kier alpha value is -2.29. The van der Waals surface area contributed by atoms with Crippen molar-refractivity contribution in [2.75, 3.05) is 5.73 Å². The molecule has 21 heavy (non-hydrogen) atoms. The molecule has 2 aromatic rings. The third-order valence-corrected chi connectivity index (χ3v) is 3.48. The molecule has 0 aromatic heterocycles. The Labute approximate surface area is 126 Å². The predicted octanol–water partition coefficient (Wildman–Crippen LogP) is 3.50. The molecule has 0 heterocycles. The second-order valence-electron chi connectivity index (χ2n) is 6.22. The summed E-state index contributed by atoms with van der Waals surface area (Å²) in [6.07, 6.45) is 0. The van der Waals surface area contributed by atoms with Crippen molar-refractivity contribution in [3.05, 3.63) is 65.2 Å². The van der Waals surface area contributed by atoms with Gasteiger partial charge in [0.15, 0.2) is 0 Å². The largest absolute Gasteiger partial charge is 0.398 e. The topological polar surface area (TPSA) is 55.1 Å². The lowest BCUT2D eigenvalue weighted by Gasteiger charge is -2.19. The third kappa shape index (κ3) is 3.85. The fourth-order valence-electron chi connectivity index (χ4n) is 2.10. The van der Waals surface area contributed by atoms with Crippen molar-refractivity contribution in [3.8, 4) is 0 Å². The van der Waals surface area contributed by atoms with Crippen LogP contribution in [-0.2, 0) is 12.0 Å². The Bertz CT molecular complexity index is 624. The lowest BCUT2D eigenvalue weighted by molar-refractivity contribution is 0.0952. The first-order chi connectivity index (χ1) is 9.88. The van der Waals surface area contributed by atoms with E-state index in [9.17, 15) is 4.79 Å². The Morgan fingerprint density at radius 2 is 1.67 bits per heavy atom. The molecular weight excluding hydrogens is 260 g/mol. The van der Waals surface area contributed by atoms with Gasteiger partial charge < -0.3 is 11.1 Å². The number of nitrogen functional groups attached to an aromatic ring is 1. The van der Waals surface area contributed by atoms with E-state index in [0.717, 1.165) is 5.56 Å². The fraction of sp³-hybridized carbons (Fsp3) is 0.278. The van der Waals surface area contributed by atoms with Gasteiger partial charge in [-0.1, -0.05) is 57.2 Å². The summed E-state index contributed by atoms with van der Waals surface area (Å²) in [5.74, 6) is -0.145. The van der Waals surface area contributed by atoms with Gasteiger partial charge in [-0.3, -0.25) is 4.79 Å². The van der Waals surface area contributed by atoms with Gasteiger partial charge in [0.1, 0.15) is 0 Å². The van der Waals surface area contributed by atoms with Crippen molar-refractivity contribution in [1.82, 2.24) is 5.32 Å². The molecule has 0 bridgehead atoms. The monoisotopic (exact) mass is 282 g/mol. The second-order valence-corrected chi connectivity index (χ2v) is 6.22. The summed E-state index contributed by atoms with van der Waals surface area (Å²) in [7, 11) is 0. The van der Waals surface area contributed by atoms with Gasteiger partial charge in [0.2, 0.25) is 0 Å². The van der Waals surface area contributed by atoms with E-state index in [-0.39, 0.29) is 11.3 Å². The van der Waals surface area contributed by atoms with Crippen LogP contribution in [0.25, 0.3) is 0 Å². The van der Waals surface area contributed by atoms with Crippen molar-refractivity contribution in [2.24, 2.45) is 0 Å². The Kier molecular flexibility index (Phi) is 4.32. The average Bonchev–Trinajstić information content (AvgIpc) is 2.45. The van der Waals surface area contributed by atoms with Crippen LogP contribution >= 0.6 is 0 Å². The van der Waals surface area contributed by atoms with Crippen molar-refractivity contribution in [3.63, 3.8) is 0 Å². The van der Waals surface area contributed by atoms with Crippen molar-refractivity contribution >= 4 is 11.6 Å². The van der Waals surface area contributed by atoms with E-state index in [0.29, 0.717) is 17.8 Å². The van der Waals surface area contributed by atoms with Gasteiger partial charge in [-0.25, -0.2) is 0 Å². The molecule has 0 unspecified atom stereocenters. The number of hydrogen-bond donors (Lipinski definition) is 2. The van der Waals surface area contributed by atoms with Crippen LogP contribution in [0.4, 0.5) is 5.69 Å². The van der Waals surface area contributed by atoms with E-state index in [1.807, 2.05) is 12.1 Å². The Balaban J connectivity index is 2.00. The summed E-state index contributed by atoms with van der Waals surface area (Å²) < 4.78 is 0. The first-order valence-electron chi connectivity index (χ1n) is 7.10. The molecule has 110 valence electrons. The first-order valence-corrected chi connectivity index (χ1v) is 7.10. The average molecular weight is 282 g/mol. The molecule has 2 rings (SSSR count). The molecule has 0 aliphatic rings. The van der Waals surface area contributed by atoms with Crippen molar-refractivity contribution in [1.29, 1.82) is 0 Å². The number of nitrogens with two attached hydrogens (primary N) is 1. The molecule has 0 aliphatic carbocycles. The van der Waals surface area contributed by atoms with Gasteiger partial charge in [-0.05, 0) is 28.7 Å². The molecule has 0 atom stereocenters. The maximum Gasteiger partial charge on any atom is 0.253 e. The maximum absolute atomic E-state index is 12.1. The molecule has 0 radical (unpaired) electrons. The van der Waals surface area contributed by atoms with Crippen molar-refractivity contribution < 1.29 is 4.79 Å². The second kappa shape index (κ2) is 6.00. The minimum atomic E-state index is -0.145. The zero-order valence-corrected chi connectivity index (χ0v) is 12.8. The van der Waals surface area contributed by atoms with Gasteiger partial charge >= 0.3 is 0 Å². The zero-order chi connectivity index (χ0) is 15.5. The van der Waals surface area contributed by atoms with E-state index >= 15 is 0 Å². The number of carbonyl (C=O) groups excluding carboxylic acids is 1. The van der Waals surface area contributed by atoms with Crippen LogP contribution < -0.4 is 11.1 Å². The molecule has 3 nitrogen and oxygen atoms in total. The van der Waals surface area contributed by atoms with E-state index in [1.54, 1.807) is 12.1 Å². The van der Waals surface area contributed by atoms with Gasteiger partial charge in [0.25, 0.3) is 5.91 Å². The molecule has 3 heteroatoms. The highest BCUT2D eigenvalue weighted by Gasteiger charge is 2.13. The lowest BCUT2D eigenvalue weighted by atomic mass is 9.87. The summed E-state index contributed by atoms with van der Waals surface area (Å²) in [5.41, 5.74) is 9.31. The molecule has 0 fully saturated rings. The van der Waals surface area contributed by atoms with Crippen LogP contribution in [0.2, 0.25) is 0 Å². The smallest absolute Gasteiger partial charge is 0.253 e. The molecule has 0 saturated heterocycles. The van der Waals surface area contributed by atoms with Crippen LogP contribution in [0, 0.1) is 0 Å². The highest BCUT2D eigenvalue weighted by atomic mass is 16.1. The van der Waals surface area contributed by atoms with Crippen LogP contribution in [0.15, 0.2) is 48.5 Å². The van der Waals surface area contributed by atoms with Crippen LogP contribution in [0.3, 0.4) is 0 Å². The number of carbonyl (C=O) groups is 1. The molecule has 0 spiro atoms. The minimum absolute atomic E-state index is 0.139. The number of hydrogen-bond acceptors (Lipinski definition) is 2. The van der Waals surface area contributed by atoms with Crippen LogP contribution in [0.1, 0.15) is 42.3 Å². The SMILES string of the molecule is CC(C)(C)c1ccc(CNC(=O)c2ccccc2N)cc1. The number of anilines is 1. The molecule has 2 aromatic carbocycles. The van der Waals surface area contributed by atoms with Gasteiger partial charge in [-0.2, -0.15) is 0 Å². The van der Waals surface area contributed by atoms with E-state index in [2.05, 4.69) is 50.4 Å². The van der Waals surface area contributed by atoms with E-state index in [1.165, 1.54) is 5.56 Å². The summed E-state index contributed by atoms with van der Waals surface area (Å²) in [5, 5.41) is 2.90. The highest BCUT2D eigenvalue weighted by molar-refractivity contribution is 5.98. The van der Waals surface area contributed by atoms with Crippen molar-refractivity contribution in [2.45, 2.75) is 32.7 Å². The first kappa shape index (κ1) is 15.1. The summed E-state index contributed by atoms with van der Waals surface area (Å²) in [6.45, 7) is 7.05. The van der Waals surface area contributed by atoms with Crippen LogP contribution in [-0.4, -0.2) is 5.91 Å². The van der Waals surface area contributed by atoms with E-state index < -0.39 is 0 Å². The quantitative estimate of drug-likeness (QED) is 0.847. The summed E-state index contributed by atoms with van der Waals surface area (Å²) in [4.78, 5) is 12.1. The third-order valence-electron chi connectivity index (χ3n) is 3.48. The molecule has 1 amide bonds. The zero-order valence-electron chi connectivity index (χ0n) is 12.8. The molecule has 0 saturated carbocycles. The predicted molar refractivity (Wildman–Crippen MR) is 87.2 cm³/mol. The van der Waals surface area contributed by atoms with Gasteiger partial charge in [0, 0.05) is 12.2 Å². The Morgan fingerprint density at radius 1 is 1.05 bits per heavy atom. The molecular formula is C18H22N2O. The molecule has 3 N–H and O–H groups in total.